The molecule has 3 nitrogen and oxygen atoms in total. The average Bonchev–Trinajstić information content (AvgIpc) is 2.51. The molecule has 1 aromatic carbocycles. The second-order valence-electron chi connectivity index (χ2n) is 6.15. The fourth-order valence-corrected chi connectivity index (χ4v) is 2.27. The molecule has 0 fully saturated rings. The lowest BCUT2D eigenvalue weighted by molar-refractivity contribution is -0.137. The molecular weight excluding hydrogens is 337 g/mol. The van der Waals surface area contributed by atoms with Crippen molar-refractivity contribution in [1.29, 1.82) is 0 Å². The highest BCUT2D eigenvalue weighted by Crippen LogP contribution is 2.29. The van der Waals surface area contributed by atoms with Crippen LogP contribution < -0.4 is 0 Å². The van der Waals surface area contributed by atoms with Crippen molar-refractivity contribution in [2.24, 2.45) is 4.40 Å². The highest BCUT2D eigenvalue weighted by atomic mass is 32.2. The molecule has 1 heterocycles. The van der Waals surface area contributed by atoms with E-state index in [1.165, 1.54) is 12.3 Å². The van der Waals surface area contributed by atoms with E-state index in [1.54, 1.807) is 24.3 Å². The van der Waals surface area contributed by atoms with Crippen LogP contribution in [0.25, 0.3) is 11.3 Å². The third-order valence-electron chi connectivity index (χ3n) is 3.12. The highest BCUT2D eigenvalue weighted by Gasteiger charge is 2.30. The van der Waals surface area contributed by atoms with Gasteiger partial charge in [-0.2, -0.15) is 17.6 Å². The molecule has 0 spiro atoms. The first-order valence-electron chi connectivity index (χ1n) is 7.17. The molecule has 0 amide bonds. The average molecular weight is 354 g/mol. The van der Waals surface area contributed by atoms with E-state index in [0.29, 0.717) is 11.3 Å². The van der Waals surface area contributed by atoms with Crippen molar-refractivity contribution in [2.45, 2.75) is 31.7 Å². The largest absolute Gasteiger partial charge is 0.417 e. The molecule has 1 aromatic heterocycles. The zero-order chi connectivity index (χ0) is 18.0. The number of aromatic nitrogens is 1. The number of hydrogen-bond acceptors (Lipinski definition) is 2. The van der Waals surface area contributed by atoms with Crippen LogP contribution in [0.3, 0.4) is 0 Å². The van der Waals surface area contributed by atoms with Crippen molar-refractivity contribution in [3.63, 3.8) is 0 Å². The van der Waals surface area contributed by atoms with Crippen LogP contribution in [-0.2, 0) is 17.2 Å². The Morgan fingerprint density at radius 2 is 1.67 bits per heavy atom. The van der Waals surface area contributed by atoms with Gasteiger partial charge in [0.05, 0.1) is 16.0 Å². The molecular formula is C17H17F3N2OS. The molecule has 0 saturated carbocycles. The molecule has 2 aromatic rings. The van der Waals surface area contributed by atoms with Gasteiger partial charge in [0.2, 0.25) is 0 Å². The Labute approximate surface area is 141 Å². The number of alkyl halides is 3. The predicted octanol–water partition coefficient (Wildman–Crippen LogP) is 4.65. The molecule has 0 unspecified atom stereocenters. The van der Waals surface area contributed by atoms with E-state index in [0.717, 1.165) is 17.8 Å². The van der Waals surface area contributed by atoms with E-state index in [-0.39, 0.29) is 0 Å². The van der Waals surface area contributed by atoms with E-state index in [2.05, 4.69) is 9.38 Å². The Balaban J connectivity index is 2.15. The van der Waals surface area contributed by atoms with Gasteiger partial charge in [-0.1, -0.05) is 24.3 Å². The summed E-state index contributed by atoms with van der Waals surface area (Å²) in [6.45, 7) is 5.50. The minimum absolute atomic E-state index is 0.430. The third-order valence-corrected chi connectivity index (χ3v) is 4.46. The van der Waals surface area contributed by atoms with Crippen LogP contribution in [0.1, 0.15) is 31.9 Å². The summed E-state index contributed by atoms with van der Waals surface area (Å²) in [5.74, 6) is 0. The molecule has 0 radical (unpaired) electrons. The zero-order valence-corrected chi connectivity index (χ0v) is 14.3. The van der Waals surface area contributed by atoms with Crippen LogP contribution in [0.5, 0.6) is 0 Å². The Morgan fingerprint density at radius 3 is 2.12 bits per heavy atom. The first-order valence-corrected chi connectivity index (χ1v) is 8.28. The van der Waals surface area contributed by atoms with Gasteiger partial charge >= 0.3 is 6.18 Å². The summed E-state index contributed by atoms with van der Waals surface area (Å²) in [7, 11) is -1.34. The molecule has 0 aliphatic carbocycles. The molecule has 7 heteroatoms. The molecule has 0 saturated heterocycles. The second-order valence-corrected chi connectivity index (χ2v) is 8.08. The van der Waals surface area contributed by atoms with E-state index in [4.69, 9.17) is 0 Å². The molecule has 24 heavy (non-hydrogen) atoms. The molecule has 1 atom stereocenters. The smallest absolute Gasteiger partial charge is 0.256 e. The minimum atomic E-state index is -4.39. The van der Waals surface area contributed by atoms with Crippen molar-refractivity contribution >= 4 is 17.2 Å². The van der Waals surface area contributed by atoms with Crippen molar-refractivity contribution in [3.05, 3.63) is 53.7 Å². The summed E-state index contributed by atoms with van der Waals surface area (Å²) < 4.78 is 53.0. The maximum Gasteiger partial charge on any atom is 0.417 e. The van der Waals surface area contributed by atoms with E-state index in [9.17, 15) is 17.4 Å². The lowest BCUT2D eigenvalue weighted by Crippen LogP contribution is -2.19. The number of pyridine rings is 1. The lowest BCUT2D eigenvalue weighted by Gasteiger charge is -2.12. The topological polar surface area (TPSA) is 42.3 Å². The maximum absolute atomic E-state index is 12.5. The van der Waals surface area contributed by atoms with Gasteiger partial charge in [0, 0.05) is 18.0 Å². The standard InChI is InChI=1S/C17H17F3N2OS/c1-16(2,3)24(23)22-10-12-4-6-13(7-5-12)15-9-8-14(11-21-15)17(18,19)20/h4-11H,1-3H3/t24-/m0/s1. The van der Waals surface area contributed by atoms with E-state index in [1.807, 2.05) is 20.8 Å². The highest BCUT2D eigenvalue weighted by molar-refractivity contribution is 7.85. The van der Waals surface area contributed by atoms with Gasteiger partial charge in [0.15, 0.2) is 0 Å². The van der Waals surface area contributed by atoms with Crippen molar-refractivity contribution in [3.8, 4) is 11.3 Å². The number of benzene rings is 1. The normalized spacial score (nSPS) is 14.1. The summed E-state index contributed by atoms with van der Waals surface area (Å²) in [5.41, 5.74) is 1.12. The van der Waals surface area contributed by atoms with E-state index >= 15 is 0 Å². The summed E-state index contributed by atoms with van der Waals surface area (Å²) >= 11 is 0. The van der Waals surface area contributed by atoms with Gasteiger partial charge in [-0.25, -0.2) is 4.21 Å². The van der Waals surface area contributed by atoms with Crippen molar-refractivity contribution in [2.75, 3.05) is 0 Å². The number of hydrogen-bond donors (Lipinski definition) is 0. The lowest BCUT2D eigenvalue weighted by atomic mass is 10.1. The van der Waals surface area contributed by atoms with Gasteiger partial charge in [0.1, 0.15) is 11.0 Å². The predicted molar refractivity (Wildman–Crippen MR) is 90.2 cm³/mol. The van der Waals surface area contributed by atoms with Crippen LogP contribution in [0, 0.1) is 0 Å². The minimum Gasteiger partial charge on any atom is -0.256 e. The van der Waals surface area contributed by atoms with Crippen LogP contribution in [0.15, 0.2) is 47.0 Å². The zero-order valence-electron chi connectivity index (χ0n) is 13.5. The first-order chi connectivity index (χ1) is 11.1. The van der Waals surface area contributed by atoms with E-state index < -0.39 is 27.5 Å². The van der Waals surface area contributed by atoms with Gasteiger partial charge in [0.25, 0.3) is 0 Å². The Hall–Kier alpha value is -2.02. The molecule has 0 N–H and O–H groups in total. The van der Waals surface area contributed by atoms with Crippen molar-refractivity contribution in [1.82, 2.24) is 4.98 Å². The Morgan fingerprint density at radius 1 is 1.04 bits per heavy atom. The molecule has 0 aliphatic heterocycles. The number of halogens is 3. The molecule has 0 bridgehead atoms. The van der Waals surface area contributed by atoms with Crippen LogP contribution in [0.2, 0.25) is 0 Å². The monoisotopic (exact) mass is 354 g/mol. The summed E-state index contributed by atoms with van der Waals surface area (Å²) in [6, 6.07) is 9.30. The molecule has 0 aliphatic rings. The second kappa shape index (κ2) is 6.84. The third kappa shape index (κ3) is 4.74. The SMILES string of the molecule is CC(C)(C)[S@](=O)N=Cc1ccc(-c2ccc(C(F)(F)F)cn2)cc1. The summed E-state index contributed by atoms with van der Waals surface area (Å²) in [6.07, 6.45) is -2.06. The van der Waals surface area contributed by atoms with Crippen LogP contribution in [-0.4, -0.2) is 20.2 Å². The quantitative estimate of drug-likeness (QED) is 0.753. The Kier molecular flexibility index (Phi) is 5.22. The van der Waals surface area contributed by atoms with Crippen LogP contribution in [0.4, 0.5) is 13.2 Å². The fraction of sp³-hybridized carbons (Fsp3) is 0.294. The van der Waals surface area contributed by atoms with Crippen LogP contribution >= 0.6 is 0 Å². The van der Waals surface area contributed by atoms with Gasteiger partial charge in [-0.05, 0) is 38.5 Å². The molecule has 128 valence electrons. The van der Waals surface area contributed by atoms with Crippen molar-refractivity contribution < 1.29 is 17.4 Å². The number of nitrogens with zero attached hydrogens (tertiary/aromatic N) is 2. The number of rotatable bonds is 3. The summed E-state index contributed by atoms with van der Waals surface area (Å²) in [5, 5.41) is 0. The first kappa shape index (κ1) is 18.3. The fourth-order valence-electron chi connectivity index (χ4n) is 1.74. The Bertz CT molecular complexity index is 745. The maximum atomic E-state index is 12.5. The van der Waals surface area contributed by atoms with Gasteiger partial charge < -0.3 is 0 Å². The van der Waals surface area contributed by atoms with Gasteiger partial charge in [-0.15, -0.1) is 0 Å². The molecule has 2 rings (SSSR count). The van der Waals surface area contributed by atoms with Gasteiger partial charge in [-0.3, -0.25) is 4.98 Å². The summed E-state index contributed by atoms with van der Waals surface area (Å²) in [4.78, 5) is 3.85.